The number of nitrogens with two attached hydrogens (primary N) is 1. The molecule has 1 fully saturated rings. The molecule has 7 heteroatoms. The number of rotatable bonds is 3. The van der Waals surface area contributed by atoms with Crippen LogP contribution < -0.4 is 11.1 Å². The van der Waals surface area contributed by atoms with Crippen LogP contribution in [0.25, 0.3) is 0 Å². The van der Waals surface area contributed by atoms with Gasteiger partial charge < -0.3 is 31.1 Å². The fourth-order valence-electron chi connectivity index (χ4n) is 1.42. The standard InChI is InChI=1S/C7H14N2O5/c8-7-4(9-2-11)6(13)5(12)3(1-10)14-7/h2-7,10,12-13H,1,8H2,(H,9,11)/t3-,4-,5-,6-,7+/m1/s1. The molecular formula is C7H14N2O5. The number of carbonyl (C=O) groups is 1. The molecule has 0 unspecified atom stereocenters. The van der Waals surface area contributed by atoms with E-state index in [0.717, 1.165) is 0 Å². The summed E-state index contributed by atoms with van der Waals surface area (Å²) < 4.78 is 4.98. The van der Waals surface area contributed by atoms with Crippen molar-refractivity contribution < 1.29 is 24.9 Å². The fourth-order valence-corrected chi connectivity index (χ4v) is 1.42. The maximum Gasteiger partial charge on any atom is 0.207 e. The Hall–Kier alpha value is -0.730. The van der Waals surface area contributed by atoms with Crippen LogP contribution in [0.1, 0.15) is 0 Å². The minimum absolute atomic E-state index is 0.364. The van der Waals surface area contributed by atoms with Gasteiger partial charge in [-0.25, -0.2) is 0 Å². The Labute approximate surface area is 80.5 Å². The molecule has 0 saturated carbocycles. The van der Waals surface area contributed by atoms with Crippen molar-refractivity contribution in [3.63, 3.8) is 0 Å². The summed E-state index contributed by atoms with van der Waals surface area (Å²) >= 11 is 0. The van der Waals surface area contributed by atoms with Gasteiger partial charge in [0.05, 0.1) is 12.6 Å². The third-order valence-corrected chi connectivity index (χ3v) is 2.23. The number of nitrogens with one attached hydrogen (secondary N) is 1. The lowest BCUT2D eigenvalue weighted by molar-refractivity contribution is -0.192. The summed E-state index contributed by atoms with van der Waals surface area (Å²) in [6, 6.07) is -0.870. The summed E-state index contributed by atoms with van der Waals surface area (Å²) in [5.74, 6) is 0. The highest BCUT2D eigenvalue weighted by Gasteiger charge is 2.42. The lowest BCUT2D eigenvalue weighted by Gasteiger charge is -2.40. The second kappa shape index (κ2) is 4.67. The van der Waals surface area contributed by atoms with E-state index in [1.165, 1.54) is 0 Å². The molecule has 1 rings (SSSR count). The van der Waals surface area contributed by atoms with E-state index in [1.807, 2.05) is 0 Å². The Morgan fingerprint density at radius 1 is 1.43 bits per heavy atom. The van der Waals surface area contributed by atoms with Gasteiger partial charge in [-0.05, 0) is 0 Å². The molecule has 1 amide bonds. The van der Waals surface area contributed by atoms with Gasteiger partial charge >= 0.3 is 0 Å². The lowest BCUT2D eigenvalue weighted by Crippen LogP contribution is -2.65. The number of hydrogen-bond donors (Lipinski definition) is 5. The maximum absolute atomic E-state index is 10.2. The van der Waals surface area contributed by atoms with Crippen LogP contribution in [0.5, 0.6) is 0 Å². The van der Waals surface area contributed by atoms with Crippen LogP contribution in [0.2, 0.25) is 0 Å². The average Bonchev–Trinajstić information content (AvgIpc) is 2.18. The van der Waals surface area contributed by atoms with Gasteiger partial charge in [0.15, 0.2) is 0 Å². The van der Waals surface area contributed by atoms with Crippen LogP contribution in [0.4, 0.5) is 0 Å². The van der Waals surface area contributed by atoms with Gasteiger partial charge in [-0.1, -0.05) is 0 Å². The molecule has 0 aromatic carbocycles. The molecule has 0 aliphatic carbocycles. The molecule has 5 atom stereocenters. The van der Waals surface area contributed by atoms with Crippen molar-refractivity contribution in [3.8, 4) is 0 Å². The summed E-state index contributed by atoms with van der Waals surface area (Å²) in [4.78, 5) is 10.2. The molecule has 1 saturated heterocycles. The number of carbonyl (C=O) groups excluding carboxylic acids is 1. The Balaban J connectivity index is 2.68. The summed E-state index contributed by atoms with van der Waals surface area (Å²) in [7, 11) is 0. The minimum Gasteiger partial charge on any atom is -0.394 e. The van der Waals surface area contributed by atoms with Crippen LogP contribution >= 0.6 is 0 Å². The summed E-state index contributed by atoms with van der Waals surface area (Å²) in [5, 5.41) is 29.9. The van der Waals surface area contributed by atoms with Crippen molar-refractivity contribution in [1.29, 1.82) is 0 Å². The molecule has 0 radical (unpaired) electrons. The third kappa shape index (κ3) is 2.02. The maximum atomic E-state index is 10.2. The largest absolute Gasteiger partial charge is 0.394 e. The summed E-state index contributed by atoms with van der Waals surface area (Å²) in [6.45, 7) is -0.445. The van der Waals surface area contributed by atoms with Gasteiger partial charge in [-0.3, -0.25) is 4.79 Å². The number of ether oxygens (including phenoxy) is 1. The highest BCUT2D eigenvalue weighted by Crippen LogP contribution is 2.17. The predicted octanol–water partition coefficient (Wildman–Crippen LogP) is -3.50. The summed E-state index contributed by atoms with van der Waals surface area (Å²) in [6.07, 6.45) is -4.03. The van der Waals surface area contributed by atoms with Crippen molar-refractivity contribution in [1.82, 2.24) is 5.32 Å². The van der Waals surface area contributed by atoms with Crippen LogP contribution in [0.15, 0.2) is 0 Å². The highest BCUT2D eigenvalue weighted by atomic mass is 16.5. The van der Waals surface area contributed by atoms with E-state index in [4.69, 9.17) is 15.6 Å². The van der Waals surface area contributed by atoms with Gasteiger partial charge in [-0.2, -0.15) is 0 Å². The first-order valence-corrected chi connectivity index (χ1v) is 4.19. The number of hydrogen-bond acceptors (Lipinski definition) is 6. The van der Waals surface area contributed by atoms with Crippen molar-refractivity contribution in [2.75, 3.05) is 6.61 Å². The third-order valence-electron chi connectivity index (χ3n) is 2.23. The zero-order valence-corrected chi connectivity index (χ0v) is 7.41. The van der Waals surface area contributed by atoms with Gasteiger partial charge in [0.2, 0.25) is 6.41 Å². The zero-order chi connectivity index (χ0) is 10.7. The molecule has 1 aliphatic rings. The first-order chi connectivity index (χ1) is 6.61. The molecule has 1 heterocycles. The molecule has 0 aromatic rings. The molecule has 0 bridgehead atoms. The van der Waals surface area contributed by atoms with Crippen LogP contribution in [0.3, 0.4) is 0 Å². The molecule has 82 valence electrons. The number of aliphatic hydroxyl groups is 3. The molecule has 1 aliphatic heterocycles. The van der Waals surface area contributed by atoms with E-state index in [2.05, 4.69) is 5.32 Å². The second-order valence-electron chi connectivity index (χ2n) is 3.11. The first kappa shape index (κ1) is 11.3. The van der Waals surface area contributed by atoms with E-state index in [-0.39, 0.29) is 0 Å². The van der Waals surface area contributed by atoms with Crippen molar-refractivity contribution in [3.05, 3.63) is 0 Å². The van der Waals surface area contributed by atoms with E-state index in [0.29, 0.717) is 6.41 Å². The average molecular weight is 206 g/mol. The topological polar surface area (TPSA) is 125 Å². The van der Waals surface area contributed by atoms with E-state index >= 15 is 0 Å². The fraction of sp³-hybridized carbons (Fsp3) is 0.857. The van der Waals surface area contributed by atoms with E-state index < -0.39 is 37.2 Å². The van der Waals surface area contributed by atoms with Crippen molar-refractivity contribution >= 4 is 6.41 Å². The lowest BCUT2D eigenvalue weighted by atomic mass is 9.96. The van der Waals surface area contributed by atoms with Gasteiger partial charge in [0.25, 0.3) is 0 Å². The van der Waals surface area contributed by atoms with Crippen LogP contribution in [-0.2, 0) is 9.53 Å². The van der Waals surface area contributed by atoms with Gasteiger partial charge in [0.1, 0.15) is 24.5 Å². The predicted molar refractivity (Wildman–Crippen MR) is 44.9 cm³/mol. The smallest absolute Gasteiger partial charge is 0.207 e. The normalized spacial score (nSPS) is 43.3. The first-order valence-electron chi connectivity index (χ1n) is 4.19. The number of amides is 1. The summed E-state index contributed by atoms with van der Waals surface area (Å²) in [5.41, 5.74) is 5.46. The molecular weight excluding hydrogens is 192 g/mol. The SMILES string of the molecule is N[C@H]1O[C@H](CO)[C@@H](O)[C@H](O)[C@H]1NC=O. The number of aliphatic hydroxyl groups excluding tert-OH is 3. The van der Waals surface area contributed by atoms with Crippen LogP contribution in [-0.4, -0.2) is 58.9 Å². The Morgan fingerprint density at radius 2 is 2.07 bits per heavy atom. The molecule has 0 spiro atoms. The zero-order valence-electron chi connectivity index (χ0n) is 7.41. The van der Waals surface area contributed by atoms with Crippen molar-refractivity contribution in [2.45, 2.75) is 30.6 Å². The van der Waals surface area contributed by atoms with Crippen LogP contribution in [0, 0.1) is 0 Å². The van der Waals surface area contributed by atoms with E-state index in [1.54, 1.807) is 0 Å². The molecule has 7 nitrogen and oxygen atoms in total. The minimum atomic E-state index is -1.27. The van der Waals surface area contributed by atoms with Crippen molar-refractivity contribution in [2.24, 2.45) is 5.73 Å². The highest BCUT2D eigenvalue weighted by molar-refractivity contribution is 5.47. The molecule has 6 N–H and O–H groups in total. The quantitative estimate of drug-likeness (QED) is 0.305. The van der Waals surface area contributed by atoms with E-state index in [9.17, 15) is 15.0 Å². The Bertz CT molecular complexity index is 203. The molecule has 14 heavy (non-hydrogen) atoms. The monoisotopic (exact) mass is 206 g/mol. The second-order valence-corrected chi connectivity index (χ2v) is 3.11. The Morgan fingerprint density at radius 3 is 2.57 bits per heavy atom. The Kier molecular flexibility index (Phi) is 3.78. The van der Waals surface area contributed by atoms with Gasteiger partial charge in [0, 0.05) is 0 Å². The molecule has 0 aromatic heterocycles. The van der Waals surface area contributed by atoms with Gasteiger partial charge in [-0.15, -0.1) is 0 Å².